The van der Waals surface area contributed by atoms with Gasteiger partial charge in [0.25, 0.3) is 0 Å². The highest BCUT2D eigenvalue weighted by atomic mass is 16.7. The number of ether oxygens (including phenoxy) is 2. The van der Waals surface area contributed by atoms with Crippen molar-refractivity contribution in [2.45, 2.75) is 20.1 Å². The van der Waals surface area contributed by atoms with Gasteiger partial charge in [0.1, 0.15) is 5.75 Å². The Kier molecular flexibility index (Phi) is 2.67. The monoisotopic (exact) mass is 208 g/mol. The van der Waals surface area contributed by atoms with Crippen LogP contribution in [0.5, 0.6) is 5.75 Å². The number of aromatic hydroxyl groups is 1. The van der Waals surface area contributed by atoms with Crippen molar-refractivity contribution in [3.63, 3.8) is 0 Å². The molecule has 0 aromatic heterocycles. The van der Waals surface area contributed by atoms with Crippen LogP contribution in [0.15, 0.2) is 24.3 Å². The van der Waals surface area contributed by atoms with E-state index in [1.54, 1.807) is 18.2 Å². The molecule has 1 heterocycles. The maximum absolute atomic E-state index is 9.34. The van der Waals surface area contributed by atoms with Gasteiger partial charge in [-0.1, -0.05) is 26.0 Å². The molecule has 0 amide bonds. The Bertz CT molecular complexity index is 336. The first kappa shape index (κ1) is 10.5. The van der Waals surface area contributed by atoms with E-state index in [2.05, 4.69) is 13.8 Å². The molecular formula is C12H16O3. The quantitative estimate of drug-likeness (QED) is 0.770. The summed E-state index contributed by atoms with van der Waals surface area (Å²) in [4.78, 5) is 0. The molecule has 1 aromatic carbocycles. The minimum atomic E-state index is -0.342. The zero-order valence-corrected chi connectivity index (χ0v) is 9.06. The molecule has 82 valence electrons. The van der Waals surface area contributed by atoms with Crippen LogP contribution in [0.4, 0.5) is 0 Å². The molecule has 0 bridgehead atoms. The first-order chi connectivity index (χ1) is 7.07. The number of phenols is 1. The predicted molar refractivity (Wildman–Crippen MR) is 56.5 cm³/mol. The molecule has 1 aromatic rings. The maximum atomic E-state index is 9.34. The van der Waals surface area contributed by atoms with Gasteiger partial charge in [-0.05, 0) is 12.1 Å². The lowest BCUT2D eigenvalue weighted by Gasteiger charge is -2.34. The smallest absolute Gasteiger partial charge is 0.183 e. The van der Waals surface area contributed by atoms with Gasteiger partial charge in [-0.2, -0.15) is 0 Å². The van der Waals surface area contributed by atoms with Gasteiger partial charge >= 0.3 is 0 Å². The molecule has 0 radical (unpaired) electrons. The maximum Gasteiger partial charge on any atom is 0.183 e. The van der Waals surface area contributed by atoms with Crippen molar-refractivity contribution in [3.05, 3.63) is 29.8 Å². The van der Waals surface area contributed by atoms with E-state index in [0.717, 1.165) is 5.56 Å². The molecule has 15 heavy (non-hydrogen) atoms. The van der Waals surface area contributed by atoms with Crippen LogP contribution in [-0.4, -0.2) is 18.3 Å². The first-order valence-corrected chi connectivity index (χ1v) is 5.09. The summed E-state index contributed by atoms with van der Waals surface area (Å²) in [5.41, 5.74) is 0.943. The summed E-state index contributed by atoms with van der Waals surface area (Å²) in [5, 5.41) is 9.34. The molecule has 1 aliphatic heterocycles. The van der Waals surface area contributed by atoms with E-state index < -0.39 is 0 Å². The highest BCUT2D eigenvalue weighted by Gasteiger charge is 2.29. The standard InChI is InChI=1S/C12H16O3/c1-12(2)7-14-11(15-8-12)9-4-3-5-10(13)6-9/h3-6,11,13H,7-8H2,1-2H3. The van der Waals surface area contributed by atoms with Crippen LogP contribution in [0.2, 0.25) is 0 Å². The van der Waals surface area contributed by atoms with Gasteiger partial charge in [-0.15, -0.1) is 0 Å². The number of hydrogen-bond acceptors (Lipinski definition) is 3. The van der Waals surface area contributed by atoms with Gasteiger partial charge in [0, 0.05) is 11.0 Å². The van der Waals surface area contributed by atoms with Crippen molar-refractivity contribution >= 4 is 0 Å². The summed E-state index contributed by atoms with van der Waals surface area (Å²) in [6.45, 7) is 5.55. The minimum Gasteiger partial charge on any atom is -0.508 e. The van der Waals surface area contributed by atoms with Crippen LogP contribution >= 0.6 is 0 Å². The Morgan fingerprint density at radius 1 is 1.27 bits per heavy atom. The third-order valence-electron chi connectivity index (χ3n) is 2.39. The topological polar surface area (TPSA) is 38.7 Å². The molecule has 0 unspecified atom stereocenters. The molecular weight excluding hydrogens is 192 g/mol. The van der Waals surface area contributed by atoms with Crippen molar-refractivity contribution in [2.24, 2.45) is 5.41 Å². The Hall–Kier alpha value is -1.06. The molecule has 1 fully saturated rings. The Morgan fingerprint density at radius 2 is 1.93 bits per heavy atom. The van der Waals surface area contributed by atoms with Crippen molar-refractivity contribution in [3.8, 4) is 5.75 Å². The number of phenolic OH excluding ortho intramolecular Hbond substituents is 1. The van der Waals surface area contributed by atoms with Crippen LogP contribution in [0.25, 0.3) is 0 Å². The lowest BCUT2D eigenvalue weighted by molar-refractivity contribution is -0.226. The van der Waals surface area contributed by atoms with E-state index >= 15 is 0 Å². The molecule has 0 saturated carbocycles. The van der Waals surface area contributed by atoms with Gasteiger partial charge in [-0.25, -0.2) is 0 Å². The molecule has 1 aliphatic rings. The van der Waals surface area contributed by atoms with Crippen LogP contribution in [0.1, 0.15) is 25.7 Å². The van der Waals surface area contributed by atoms with Crippen molar-refractivity contribution in [2.75, 3.05) is 13.2 Å². The first-order valence-electron chi connectivity index (χ1n) is 5.09. The Labute approximate surface area is 89.6 Å². The number of rotatable bonds is 1. The van der Waals surface area contributed by atoms with Crippen LogP contribution < -0.4 is 0 Å². The minimum absolute atomic E-state index is 0.0767. The van der Waals surface area contributed by atoms with E-state index in [-0.39, 0.29) is 17.5 Å². The summed E-state index contributed by atoms with van der Waals surface area (Å²) >= 11 is 0. The normalized spacial score (nSPS) is 21.5. The molecule has 0 spiro atoms. The largest absolute Gasteiger partial charge is 0.508 e. The van der Waals surface area contributed by atoms with E-state index in [0.29, 0.717) is 13.2 Å². The van der Waals surface area contributed by atoms with Gasteiger partial charge < -0.3 is 14.6 Å². The van der Waals surface area contributed by atoms with E-state index in [1.807, 2.05) is 6.07 Å². The fraction of sp³-hybridized carbons (Fsp3) is 0.500. The summed E-state index contributed by atoms with van der Waals surface area (Å²) in [7, 11) is 0. The molecule has 0 aliphatic carbocycles. The van der Waals surface area contributed by atoms with Gasteiger partial charge in [-0.3, -0.25) is 0 Å². The van der Waals surface area contributed by atoms with Crippen molar-refractivity contribution in [1.82, 2.24) is 0 Å². The van der Waals surface area contributed by atoms with Gasteiger partial charge in [0.05, 0.1) is 13.2 Å². The molecule has 1 N–H and O–H groups in total. The lowest BCUT2D eigenvalue weighted by atomic mass is 9.95. The molecule has 2 rings (SSSR count). The molecule has 0 atom stereocenters. The number of hydrogen-bond donors (Lipinski definition) is 1. The SMILES string of the molecule is CC1(C)COC(c2cccc(O)c2)OC1. The van der Waals surface area contributed by atoms with Gasteiger partial charge in [0.2, 0.25) is 0 Å². The second-order valence-electron chi connectivity index (χ2n) is 4.71. The third kappa shape index (κ3) is 2.49. The number of benzene rings is 1. The average Bonchev–Trinajstić information content (AvgIpc) is 2.17. The summed E-state index contributed by atoms with van der Waals surface area (Å²) in [6, 6.07) is 6.99. The lowest BCUT2D eigenvalue weighted by Crippen LogP contribution is -2.33. The zero-order chi connectivity index (χ0) is 10.9. The molecule has 3 nitrogen and oxygen atoms in total. The van der Waals surface area contributed by atoms with Crippen molar-refractivity contribution in [1.29, 1.82) is 0 Å². The summed E-state index contributed by atoms with van der Waals surface area (Å²) < 4.78 is 11.2. The summed E-state index contributed by atoms with van der Waals surface area (Å²) in [6.07, 6.45) is -0.342. The second kappa shape index (κ2) is 3.83. The molecule has 1 saturated heterocycles. The molecule has 3 heteroatoms. The van der Waals surface area contributed by atoms with Crippen LogP contribution in [0, 0.1) is 5.41 Å². The fourth-order valence-electron chi connectivity index (χ4n) is 1.56. The third-order valence-corrected chi connectivity index (χ3v) is 2.39. The van der Waals surface area contributed by atoms with E-state index in [9.17, 15) is 5.11 Å². The van der Waals surface area contributed by atoms with Crippen LogP contribution in [0.3, 0.4) is 0 Å². The fourth-order valence-corrected chi connectivity index (χ4v) is 1.56. The highest BCUT2D eigenvalue weighted by Crippen LogP contribution is 2.31. The van der Waals surface area contributed by atoms with Crippen molar-refractivity contribution < 1.29 is 14.6 Å². The average molecular weight is 208 g/mol. The van der Waals surface area contributed by atoms with Crippen LogP contribution in [-0.2, 0) is 9.47 Å². The second-order valence-corrected chi connectivity index (χ2v) is 4.71. The zero-order valence-electron chi connectivity index (χ0n) is 9.06. The Morgan fingerprint density at radius 3 is 2.53 bits per heavy atom. The van der Waals surface area contributed by atoms with E-state index in [4.69, 9.17) is 9.47 Å². The van der Waals surface area contributed by atoms with Gasteiger partial charge in [0.15, 0.2) is 6.29 Å². The Balaban J connectivity index is 2.08. The predicted octanol–water partition coefficient (Wildman–Crippen LogP) is 2.46. The summed E-state index contributed by atoms with van der Waals surface area (Å²) in [5.74, 6) is 0.240. The highest BCUT2D eigenvalue weighted by molar-refractivity contribution is 5.28. The van der Waals surface area contributed by atoms with E-state index in [1.165, 1.54) is 0 Å².